The van der Waals surface area contributed by atoms with E-state index in [1.165, 1.54) is 36.5 Å². The highest BCUT2D eigenvalue weighted by Gasteiger charge is 2.14. The number of rotatable bonds is 7. The van der Waals surface area contributed by atoms with Crippen LogP contribution in [0.3, 0.4) is 0 Å². The average molecular weight is 407 g/mol. The molecule has 0 aliphatic rings. The number of nitrogens with zero attached hydrogens (tertiary/aromatic N) is 2. The number of carbonyl (C=O) groups is 1. The van der Waals surface area contributed by atoms with E-state index >= 15 is 0 Å². The van der Waals surface area contributed by atoms with E-state index < -0.39 is 16.4 Å². The van der Waals surface area contributed by atoms with Gasteiger partial charge in [-0.05, 0) is 41.3 Å². The molecule has 1 amide bonds. The van der Waals surface area contributed by atoms with Gasteiger partial charge in [-0.2, -0.15) is 4.73 Å². The van der Waals surface area contributed by atoms with Crippen LogP contribution in [0.5, 0.6) is 0 Å². The van der Waals surface area contributed by atoms with E-state index in [1.807, 2.05) is 12.1 Å². The molecule has 8 heteroatoms. The third kappa shape index (κ3) is 4.91. The lowest BCUT2D eigenvalue weighted by Gasteiger charge is -2.11. The molecule has 3 aromatic rings. The Balaban J connectivity index is 1.72. The molecule has 0 aliphatic carbocycles. The van der Waals surface area contributed by atoms with Crippen molar-refractivity contribution in [2.75, 3.05) is 5.32 Å². The van der Waals surface area contributed by atoms with Gasteiger partial charge >= 0.3 is 0 Å². The highest BCUT2D eigenvalue weighted by molar-refractivity contribution is 6.03. The first-order valence-corrected chi connectivity index (χ1v) is 9.35. The van der Waals surface area contributed by atoms with E-state index in [0.29, 0.717) is 17.2 Å². The molecule has 0 radical (unpaired) electrons. The summed E-state index contributed by atoms with van der Waals surface area (Å²) in [6.45, 7) is 4.09. The molecular formula is C22H21N3O5. The number of pyridine rings is 1. The van der Waals surface area contributed by atoms with Gasteiger partial charge in [-0.15, -0.1) is 0 Å². The number of carbonyl (C=O) groups excluding carboxylic acids is 1. The summed E-state index contributed by atoms with van der Waals surface area (Å²) in [6.07, 6.45) is 1.38. The minimum atomic E-state index is -0.626. The van der Waals surface area contributed by atoms with Gasteiger partial charge in [-0.3, -0.25) is 19.7 Å². The van der Waals surface area contributed by atoms with Crippen molar-refractivity contribution in [3.05, 3.63) is 104 Å². The number of amides is 1. The molecule has 1 heterocycles. The van der Waals surface area contributed by atoms with Crippen LogP contribution in [0.4, 0.5) is 11.4 Å². The first-order chi connectivity index (χ1) is 14.3. The molecule has 0 atom stereocenters. The predicted molar refractivity (Wildman–Crippen MR) is 113 cm³/mol. The Labute approximate surface area is 172 Å². The van der Waals surface area contributed by atoms with E-state index in [2.05, 4.69) is 19.2 Å². The number of hydrogen-bond acceptors (Lipinski definition) is 5. The Morgan fingerprint density at radius 1 is 1.13 bits per heavy atom. The van der Waals surface area contributed by atoms with Gasteiger partial charge in [0, 0.05) is 24.0 Å². The van der Waals surface area contributed by atoms with Crippen molar-refractivity contribution in [2.45, 2.75) is 26.4 Å². The van der Waals surface area contributed by atoms with Crippen LogP contribution in [0.15, 0.2) is 71.7 Å². The van der Waals surface area contributed by atoms with Crippen LogP contribution in [0, 0.1) is 10.1 Å². The Morgan fingerprint density at radius 2 is 1.87 bits per heavy atom. The normalized spacial score (nSPS) is 10.6. The van der Waals surface area contributed by atoms with Crippen molar-refractivity contribution in [1.29, 1.82) is 0 Å². The van der Waals surface area contributed by atoms with Crippen LogP contribution < -0.4 is 15.7 Å². The molecule has 2 aromatic carbocycles. The number of benzene rings is 2. The fourth-order valence-electron chi connectivity index (χ4n) is 2.80. The molecule has 0 aliphatic heterocycles. The summed E-state index contributed by atoms with van der Waals surface area (Å²) >= 11 is 0. The Kier molecular flexibility index (Phi) is 6.26. The molecule has 154 valence electrons. The topological polar surface area (TPSA) is 103 Å². The fraction of sp³-hybridized carbons (Fsp3) is 0.182. The van der Waals surface area contributed by atoms with Gasteiger partial charge in [0.05, 0.1) is 4.92 Å². The monoisotopic (exact) mass is 407 g/mol. The maximum absolute atomic E-state index is 12.6. The molecule has 0 saturated heterocycles. The molecule has 3 rings (SSSR count). The maximum Gasteiger partial charge on any atom is 0.295 e. The lowest BCUT2D eigenvalue weighted by Crippen LogP contribution is -2.32. The van der Waals surface area contributed by atoms with Crippen LogP contribution in [-0.4, -0.2) is 15.6 Å². The Bertz CT molecular complexity index is 1120. The zero-order chi connectivity index (χ0) is 21.7. The standard InChI is InChI=1S/C22H21N3O5/c1-15(2)17-8-10-18(11-9-17)23-21(26)20-7-4-12-24(22(20)27)30-14-16-5-3-6-19(13-16)25(28)29/h3-13,15H,14H2,1-2H3,(H,23,26). The molecule has 0 saturated carbocycles. The Hall–Kier alpha value is -3.94. The zero-order valence-electron chi connectivity index (χ0n) is 16.6. The number of hydrogen-bond donors (Lipinski definition) is 1. The number of nitro benzene ring substituents is 1. The maximum atomic E-state index is 12.6. The number of non-ortho nitro benzene ring substituents is 1. The lowest BCUT2D eigenvalue weighted by molar-refractivity contribution is -0.384. The SMILES string of the molecule is CC(C)c1ccc(NC(=O)c2cccn(OCc3cccc([N+](=O)[O-])c3)c2=O)cc1. The minimum absolute atomic E-state index is 0.0661. The molecule has 0 unspecified atom stereocenters. The van der Waals surface area contributed by atoms with Crippen molar-refractivity contribution in [3.8, 4) is 0 Å². The van der Waals surface area contributed by atoms with Crippen LogP contribution in [-0.2, 0) is 6.61 Å². The summed E-state index contributed by atoms with van der Waals surface area (Å²) in [5.74, 6) is -0.176. The van der Waals surface area contributed by atoms with Crippen molar-refractivity contribution in [1.82, 2.24) is 4.73 Å². The summed E-state index contributed by atoms with van der Waals surface area (Å²) in [6, 6.07) is 16.3. The predicted octanol–water partition coefficient (Wildman–Crippen LogP) is 3.76. The van der Waals surface area contributed by atoms with E-state index in [-0.39, 0.29) is 17.9 Å². The lowest BCUT2D eigenvalue weighted by atomic mass is 10.0. The highest BCUT2D eigenvalue weighted by Crippen LogP contribution is 2.17. The third-order valence-corrected chi connectivity index (χ3v) is 4.49. The van der Waals surface area contributed by atoms with Crippen molar-refractivity contribution in [3.63, 3.8) is 0 Å². The number of aromatic nitrogens is 1. The molecule has 0 spiro atoms. The molecular weight excluding hydrogens is 386 g/mol. The highest BCUT2D eigenvalue weighted by atomic mass is 16.7. The second kappa shape index (κ2) is 9.04. The summed E-state index contributed by atoms with van der Waals surface area (Å²) in [4.78, 5) is 41.0. The van der Waals surface area contributed by atoms with Crippen molar-refractivity contribution in [2.24, 2.45) is 0 Å². The largest absolute Gasteiger partial charge is 0.406 e. The molecule has 8 nitrogen and oxygen atoms in total. The second-order valence-corrected chi connectivity index (χ2v) is 6.98. The molecule has 1 aromatic heterocycles. The summed E-state index contributed by atoms with van der Waals surface area (Å²) in [7, 11) is 0. The summed E-state index contributed by atoms with van der Waals surface area (Å²) in [5, 5.41) is 13.6. The van der Waals surface area contributed by atoms with E-state index in [0.717, 1.165) is 10.3 Å². The first kappa shape index (κ1) is 20.8. The van der Waals surface area contributed by atoms with Gasteiger partial charge < -0.3 is 10.2 Å². The number of nitro groups is 1. The van der Waals surface area contributed by atoms with Crippen molar-refractivity contribution < 1.29 is 14.6 Å². The summed E-state index contributed by atoms with van der Waals surface area (Å²) in [5.41, 5.74) is 1.47. The average Bonchev–Trinajstić information content (AvgIpc) is 2.73. The molecule has 0 fully saturated rings. The third-order valence-electron chi connectivity index (χ3n) is 4.49. The smallest absolute Gasteiger partial charge is 0.295 e. The quantitative estimate of drug-likeness (QED) is 0.474. The number of anilines is 1. The second-order valence-electron chi connectivity index (χ2n) is 6.98. The molecule has 1 N–H and O–H groups in total. The van der Waals surface area contributed by atoms with Crippen LogP contribution in [0.25, 0.3) is 0 Å². The van der Waals surface area contributed by atoms with E-state index in [4.69, 9.17) is 4.84 Å². The molecule has 30 heavy (non-hydrogen) atoms. The van der Waals surface area contributed by atoms with Gasteiger partial charge in [0.15, 0.2) is 0 Å². The van der Waals surface area contributed by atoms with Crippen molar-refractivity contribution >= 4 is 17.3 Å². The van der Waals surface area contributed by atoms with Gasteiger partial charge in [-0.25, -0.2) is 0 Å². The van der Waals surface area contributed by atoms with E-state index in [1.54, 1.807) is 18.2 Å². The summed E-state index contributed by atoms with van der Waals surface area (Å²) < 4.78 is 0.940. The van der Waals surface area contributed by atoms with Gasteiger partial charge in [0.2, 0.25) is 0 Å². The Morgan fingerprint density at radius 3 is 2.53 bits per heavy atom. The van der Waals surface area contributed by atoms with Gasteiger partial charge in [0.1, 0.15) is 12.2 Å². The van der Waals surface area contributed by atoms with Crippen LogP contribution >= 0.6 is 0 Å². The molecule has 0 bridgehead atoms. The first-order valence-electron chi connectivity index (χ1n) is 9.35. The zero-order valence-corrected chi connectivity index (χ0v) is 16.6. The van der Waals surface area contributed by atoms with E-state index in [9.17, 15) is 19.7 Å². The fourth-order valence-corrected chi connectivity index (χ4v) is 2.80. The van der Waals surface area contributed by atoms with Crippen LogP contribution in [0.1, 0.15) is 41.3 Å². The number of nitrogens with one attached hydrogen (secondary N) is 1. The minimum Gasteiger partial charge on any atom is -0.406 e. The van der Waals surface area contributed by atoms with Crippen LogP contribution in [0.2, 0.25) is 0 Å². The van der Waals surface area contributed by atoms with Gasteiger partial charge in [-0.1, -0.05) is 38.1 Å². The van der Waals surface area contributed by atoms with Gasteiger partial charge in [0.25, 0.3) is 17.2 Å².